The Morgan fingerprint density at radius 3 is 3.09 bits per heavy atom. The van der Waals surface area contributed by atoms with Crippen molar-refractivity contribution < 1.29 is 9.52 Å². The zero-order valence-corrected chi connectivity index (χ0v) is 6.58. The molecule has 1 N–H and O–H groups in total. The second kappa shape index (κ2) is 3.98. The van der Waals surface area contributed by atoms with Crippen LogP contribution in [0.4, 0.5) is 0 Å². The number of rotatable bonds is 3. The number of allylic oxidation sites excluding steroid dienone is 1. The molecule has 0 atom stereocenters. The summed E-state index contributed by atoms with van der Waals surface area (Å²) in [5, 5.41) is 8.66. The molecular weight excluding hydrogens is 140 g/mol. The zero-order chi connectivity index (χ0) is 8.10. The molecule has 0 radical (unpaired) electrons. The highest BCUT2D eigenvalue weighted by atomic mass is 16.3. The highest BCUT2D eigenvalue weighted by Gasteiger charge is 1.91. The fourth-order valence-corrected chi connectivity index (χ4v) is 0.768. The predicted octanol–water partition coefficient (Wildman–Crippen LogP) is 1.76. The largest absolute Gasteiger partial charge is 0.469 e. The van der Waals surface area contributed by atoms with Gasteiger partial charge < -0.3 is 9.52 Å². The van der Waals surface area contributed by atoms with E-state index in [1.807, 2.05) is 25.1 Å². The van der Waals surface area contributed by atoms with E-state index in [1.165, 1.54) is 0 Å². The Morgan fingerprint density at radius 2 is 2.55 bits per heavy atom. The van der Waals surface area contributed by atoms with Crippen LogP contribution < -0.4 is 0 Å². The summed E-state index contributed by atoms with van der Waals surface area (Å²) in [4.78, 5) is 0. The Kier molecular flexibility index (Phi) is 2.93. The molecule has 0 aliphatic heterocycles. The fraction of sp³-hybridized carbons (Fsp3) is 0.333. The van der Waals surface area contributed by atoms with Crippen LogP contribution >= 0.6 is 0 Å². The highest BCUT2D eigenvalue weighted by molar-refractivity contribution is 5.07. The molecule has 0 saturated heterocycles. The average molecular weight is 152 g/mol. The summed E-state index contributed by atoms with van der Waals surface area (Å²) in [5.41, 5.74) is 0.974. The molecule has 0 saturated carbocycles. The van der Waals surface area contributed by atoms with Crippen LogP contribution in [0, 0.1) is 0 Å². The Morgan fingerprint density at radius 1 is 1.73 bits per heavy atom. The molecule has 0 aliphatic carbocycles. The lowest BCUT2D eigenvalue weighted by Gasteiger charge is -1.92. The fourth-order valence-electron chi connectivity index (χ4n) is 0.768. The molecule has 0 unspecified atom stereocenters. The zero-order valence-electron chi connectivity index (χ0n) is 6.58. The van der Waals surface area contributed by atoms with E-state index in [0.717, 1.165) is 17.8 Å². The second-order valence-electron chi connectivity index (χ2n) is 2.49. The Hall–Kier alpha value is -1.02. The van der Waals surface area contributed by atoms with Crippen molar-refractivity contribution in [3.63, 3.8) is 0 Å². The van der Waals surface area contributed by atoms with Crippen LogP contribution in [0.5, 0.6) is 0 Å². The van der Waals surface area contributed by atoms with Gasteiger partial charge in [-0.2, -0.15) is 0 Å². The molecule has 0 amide bonds. The number of hydrogen-bond acceptors (Lipinski definition) is 2. The summed E-state index contributed by atoms with van der Waals surface area (Å²) in [6.07, 6.45) is 4.37. The summed E-state index contributed by atoms with van der Waals surface area (Å²) in [5.74, 6) is 0.929. The topological polar surface area (TPSA) is 33.4 Å². The number of hydrogen-bond donors (Lipinski definition) is 1. The van der Waals surface area contributed by atoms with Gasteiger partial charge in [0.2, 0.25) is 0 Å². The molecule has 1 aromatic rings. The first-order chi connectivity index (χ1) is 5.33. The molecule has 11 heavy (non-hydrogen) atoms. The number of furan rings is 1. The molecule has 1 rings (SSSR count). The SMILES string of the molecule is C/C(=C\Cc1ccco1)CO. The Labute approximate surface area is 66.2 Å². The summed E-state index contributed by atoms with van der Waals surface area (Å²) in [6.45, 7) is 2.02. The van der Waals surface area contributed by atoms with Crippen LogP contribution in [0.25, 0.3) is 0 Å². The van der Waals surface area contributed by atoms with Crippen molar-refractivity contribution in [2.24, 2.45) is 0 Å². The van der Waals surface area contributed by atoms with Crippen LogP contribution in [0.1, 0.15) is 12.7 Å². The third kappa shape index (κ3) is 2.60. The summed E-state index contributed by atoms with van der Waals surface area (Å²) >= 11 is 0. The maximum atomic E-state index is 8.66. The standard InChI is InChI=1S/C9H12O2/c1-8(7-10)4-5-9-3-2-6-11-9/h2-4,6,10H,5,7H2,1H3/b8-4+. The van der Waals surface area contributed by atoms with Crippen LogP contribution in [0.3, 0.4) is 0 Å². The molecule has 0 aliphatic rings. The lowest BCUT2D eigenvalue weighted by molar-refractivity contribution is 0.331. The van der Waals surface area contributed by atoms with Gasteiger partial charge in [0.1, 0.15) is 5.76 Å². The van der Waals surface area contributed by atoms with E-state index in [0.29, 0.717) is 0 Å². The van der Waals surface area contributed by atoms with Gasteiger partial charge in [0.25, 0.3) is 0 Å². The quantitative estimate of drug-likeness (QED) is 0.669. The summed E-state index contributed by atoms with van der Waals surface area (Å²) < 4.78 is 5.10. The summed E-state index contributed by atoms with van der Waals surface area (Å²) in [7, 11) is 0. The minimum Gasteiger partial charge on any atom is -0.469 e. The van der Waals surface area contributed by atoms with Gasteiger partial charge >= 0.3 is 0 Å². The molecule has 60 valence electrons. The minimum absolute atomic E-state index is 0.126. The van der Waals surface area contributed by atoms with E-state index >= 15 is 0 Å². The van der Waals surface area contributed by atoms with Crippen molar-refractivity contribution in [2.45, 2.75) is 13.3 Å². The van der Waals surface area contributed by atoms with Crippen LogP contribution in [-0.4, -0.2) is 11.7 Å². The van der Waals surface area contributed by atoms with Crippen molar-refractivity contribution in [2.75, 3.05) is 6.61 Å². The Bertz CT molecular complexity index is 222. The molecule has 2 nitrogen and oxygen atoms in total. The molecular formula is C9H12O2. The van der Waals surface area contributed by atoms with Gasteiger partial charge in [0.15, 0.2) is 0 Å². The van der Waals surface area contributed by atoms with E-state index in [-0.39, 0.29) is 6.61 Å². The molecule has 0 fully saturated rings. The minimum atomic E-state index is 0.126. The van der Waals surface area contributed by atoms with Gasteiger partial charge in [-0.25, -0.2) is 0 Å². The number of aliphatic hydroxyl groups excluding tert-OH is 1. The molecule has 1 heterocycles. The first-order valence-electron chi connectivity index (χ1n) is 3.62. The monoisotopic (exact) mass is 152 g/mol. The molecule has 0 bridgehead atoms. The Balaban J connectivity index is 2.45. The van der Waals surface area contributed by atoms with Gasteiger partial charge in [0.05, 0.1) is 12.9 Å². The van der Waals surface area contributed by atoms with E-state index < -0.39 is 0 Å². The first-order valence-corrected chi connectivity index (χ1v) is 3.62. The average Bonchev–Trinajstić information content (AvgIpc) is 2.52. The third-order valence-electron chi connectivity index (χ3n) is 1.48. The maximum absolute atomic E-state index is 8.66. The lowest BCUT2D eigenvalue weighted by Crippen LogP contribution is -1.85. The molecule has 2 heteroatoms. The van der Waals surface area contributed by atoms with Crippen molar-refractivity contribution in [1.82, 2.24) is 0 Å². The van der Waals surface area contributed by atoms with Gasteiger partial charge in [0, 0.05) is 6.42 Å². The highest BCUT2D eigenvalue weighted by Crippen LogP contribution is 2.03. The van der Waals surface area contributed by atoms with Crippen molar-refractivity contribution in [3.05, 3.63) is 35.8 Å². The molecule has 0 aromatic carbocycles. The second-order valence-corrected chi connectivity index (χ2v) is 2.49. The van der Waals surface area contributed by atoms with Gasteiger partial charge in [-0.3, -0.25) is 0 Å². The van der Waals surface area contributed by atoms with Gasteiger partial charge in [-0.05, 0) is 19.1 Å². The van der Waals surface area contributed by atoms with E-state index in [4.69, 9.17) is 9.52 Å². The number of aliphatic hydroxyl groups is 1. The normalized spacial score (nSPS) is 12.0. The van der Waals surface area contributed by atoms with Crippen molar-refractivity contribution in [1.29, 1.82) is 0 Å². The third-order valence-corrected chi connectivity index (χ3v) is 1.48. The van der Waals surface area contributed by atoms with E-state index in [2.05, 4.69) is 0 Å². The van der Waals surface area contributed by atoms with Crippen LogP contribution in [0.15, 0.2) is 34.5 Å². The van der Waals surface area contributed by atoms with Gasteiger partial charge in [-0.15, -0.1) is 0 Å². The van der Waals surface area contributed by atoms with E-state index in [1.54, 1.807) is 6.26 Å². The van der Waals surface area contributed by atoms with Gasteiger partial charge in [-0.1, -0.05) is 11.6 Å². The van der Waals surface area contributed by atoms with E-state index in [9.17, 15) is 0 Å². The van der Waals surface area contributed by atoms with Crippen molar-refractivity contribution in [3.8, 4) is 0 Å². The summed E-state index contributed by atoms with van der Waals surface area (Å²) in [6, 6.07) is 3.78. The van der Waals surface area contributed by atoms with Crippen LogP contribution in [0.2, 0.25) is 0 Å². The van der Waals surface area contributed by atoms with Crippen molar-refractivity contribution >= 4 is 0 Å². The first kappa shape index (κ1) is 8.08. The predicted molar refractivity (Wildman–Crippen MR) is 43.3 cm³/mol. The van der Waals surface area contributed by atoms with Crippen LogP contribution in [-0.2, 0) is 6.42 Å². The smallest absolute Gasteiger partial charge is 0.107 e. The molecule has 0 spiro atoms. The lowest BCUT2D eigenvalue weighted by atomic mass is 10.2. The molecule has 1 aromatic heterocycles. The maximum Gasteiger partial charge on any atom is 0.107 e.